The number of thioether (sulfide) groups is 1. The van der Waals surface area contributed by atoms with Gasteiger partial charge in [-0.1, -0.05) is 11.8 Å². The fourth-order valence-corrected chi connectivity index (χ4v) is 3.77. The molecule has 0 fully saturated rings. The molecule has 32 heavy (non-hydrogen) atoms. The van der Waals surface area contributed by atoms with E-state index in [9.17, 15) is 14.9 Å². The SMILES string of the molecule is Cc1cc([N+](=O)[O-])ccc1NC(=O)CSc1nnc(-c2ccncc2)n1Cc1ccco1. The summed E-state index contributed by atoms with van der Waals surface area (Å²) in [5.41, 5.74) is 1.95. The molecule has 4 rings (SSSR count). The Balaban J connectivity index is 1.50. The van der Waals surface area contributed by atoms with Crippen LogP contribution in [0.2, 0.25) is 0 Å². The highest BCUT2D eigenvalue weighted by atomic mass is 32.2. The molecule has 0 unspecified atom stereocenters. The monoisotopic (exact) mass is 450 g/mol. The number of nitrogens with zero attached hydrogens (tertiary/aromatic N) is 5. The molecule has 11 heteroatoms. The second kappa shape index (κ2) is 9.43. The number of furan rings is 1. The Labute approximate surface area is 186 Å². The van der Waals surface area contributed by atoms with Gasteiger partial charge in [0.15, 0.2) is 11.0 Å². The van der Waals surface area contributed by atoms with E-state index < -0.39 is 4.92 Å². The van der Waals surface area contributed by atoms with Gasteiger partial charge in [0.05, 0.1) is 23.5 Å². The molecular formula is C21H18N6O4S. The Kier molecular flexibility index (Phi) is 6.26. The minimum absolute atomic E-state index is 0.0236. The van der Waals surface area contributed by atoms with Crippen LogP contribution in [-0.4, -0.2) is 36.3 Å². The lowest BCUT2D eigenvalue weighted by Gasteiger charge is -2.10. The number of nitro groups is 1. The second-order valence-corrected chi connectivity index (χ2v) is 7.74. The smallest absolute Gasteiger partial charge is 0.269 e. The summed E-state index contributed by atoms with van der Waals surface area (Å²) in [7, 11) is 0. The molecule has 3 heterocycles. The van der Waals surface area contributed by atoms with Crippen molar-refractivity contribution in [3.63, 3.8) is 0 Å². The first kappa shape index (κ1) is 21.2. The van der Waals surface area contributed by atoms with E-state index in [1.165, 1.54) is 30.0 Å². The molecule has 3 aromatic heterocycles. The van der Waals surface area contributed by atoms with Gasteiger partial charge in [-0.25, -0.2) is 0 Å². The Morgan fingerprint density at radius 2 is 2.03 bits per heavy atom. The molecule has 0 aliphatic rings. The van der Waals surface area contributed by atoms with Crippen LogP contribution in [0.5, 0.6) is 0 Å². The van der Waals surface area contributed by atoms with Crippen LogP contribution in [0.4, 0.5) is 11.4 Å². The zero-order valence-corrected chi connectivity index (χ0v) is 17.8. The highest BCUT2D eigenvalue weighted by Gasteiger charge is 2.17. The molecule has 4 aromatic rings. The molecule has 0 saturated heterocycles. The van der Waals surface area contributed by atoms with Gasteiger partial charge in [0.2, 0.25) is 5.91 Å². The second-order valence-electron chi connectivity index (χ2n) is 6.80. The van der Waals surface area contributed by atoms with Gasteiger partial charge in [-0.15, -0.1) is 10.2 Å². The third-order valence-electron chi connectivity index (χ3n) is 4.58. The molecule has 1 aromatic carbocycles. The fourth-order valence-electron chi connectivity index (χ4n) is 3.03. The standard InChI is InChI=1S/C21H18N6O4S/c1-14-11-16(27(29)30)4-5-18(14)23-19(28)13-32-21-25-24-20(15-6-8-22-9-7-15)26(21)12-17-3-2-10-31-17/h2-11H,12-13H2,1H3,(H,23,28). The Morgan fingerprint density at radius 1 is 1.22 bits per heavy atom. The molecule has 0 spiro atoms. The minimum Gasteiger partial charge on any atom is -0.467 e. The van der Waals surface area contributed by atoms with Crippen LogP contribution in [0.25, 0.3) is 11.4 Å². The molecular weight excluding hydrogens is 432 g/mol. The first-order chi connectivity index (χ1) is 15.5. The number of anilines is 1. The summed E-state index contributed by atoms with van der Waals surface area (Å²) in [6.07, 6.45) is 4.95. The lowest BCUT2D eigenvalue weighted by Crippen LogP contribution is -2.15. The van der Waals surface area contributed by atoms with Crippen LogP contribution >= 0.6 is 11.8 Å². The van der Waals surface area contributed by atoms with Crippen LogP contribution in [0.1, 0.15) is 11.3 Å². The zero-order chi connectivity index (χ0) is 22.5. The number of carbonyl (C=O) groups excluding carboxylic acids is 1. The Bertz CT molecular complexity index is 1240. The van der Waals surface area contributed by atoms with Crippen LogP contribution < -0.4 is 5.32 Å². The molecule has 10 nitrogen and oxygen atoms in total. The van der Waals surface area contributed by atoms with Gasteiger partial charge in [-0.3, -0.25) is 24.5 Å². The molecule has 0 aliphatic heterocycles. The quantitative estimate of drug-likeness (QED) is 0.243. The van der Waals surface area contributed by atoms with Crippen molar-refractivity contribution in [3.8, 4) is 11.4 Å². The summed E-state index contributed by atoms with van der Waals surface area (Å²) in [5.74, 6) is 1.19. The average molecular weight is 450 g/mol. The lowest BCUT2D eigenvalue weighted by molar-refractivity contribution is -0.384. The van der Waals surface area contributed by atoms with Crippen LogP contribution in [0.15, 0.2) is 70.7 Å². The number of rotatable bonds is 8. The number of hydrogen-bond acceptors (Lipinski definition) is 8. The highest BCUT2D eigenvalue weighted by molar-refractivity contribution is 7.99. The maximum atomic E-state index is 12.5. The van der Waals surface area contributed by atoms with E-state index in [1.54, 1.807) is 31.6 Å². The minimum atomic E-state index is -0.472. The third kappa shape index (κ3) is 4.83. The van der Waals surface area contributed by atoms with Crippen molar-refractivity contribution in [1.29, 1.82) is 0 Å². The summed E-state index contributed by atoms with van der Waals surface area (Å²) in [4.78, 5) is 27.0. The van der Waals surface area contributed by atoms with Crippen molar-refractivity contribution in [3.05, 3.63) is 82.6 Å². The first-order valence-electron chi connectivity index (χ1n) is 9.55. The number of non-ortho nitro benzene ring substituents is 1. The van der Waals surface area contributed by atoms with E-state index >= 15 is 0 Å². The lowest BCUT2D eigenvalue weighted by atomic mass is 10.2. The number of benzene rings is 1. The van der Waals surface area contributed by atoms with Crippen LogP contribution in [0, 0.1) is 17.0 Å². The van der Waals surface area contributed by atoms with Crippen molar-refractivity contribution in [2.75, 3.05) is 11.1 Å². The van der Waals surface area contributed by atoms with E-state index in [-0.39, 0.29) is 17.3 Å². The zero-order valence-electron chi connectivity index (χ0n) is 17.0. The van der Waals surface area contributed by atoms with Gasteiger partial charge in [0.1, 0.15) is 5.76 Å². The average Bonchev–Trinajstić information content (AvgIpc) is 3.44. The number of aromatic nitrogens is 4. The molecule has 1 N–H and O–H groups in total. The molecule has 1 amide bonds. The predicted octanol–water partition coefficient (Wildman–Crippen LogP) is 3.93. The maximum Gasteiger partial charge on any atom is 0.269 e. The first-order valence-corrected chi connectivity index (χ1v) is 10.5. The normalized spacial score (nSPS) is 10.8. The summed E-state index contributed by atoms with van der Waals surface area (Å²) in [5, 5.41) is 22.8. The van der Waals surface area contributed by atoms with Gasteiger partial charge >= 0.3 is 0 Å². The van der Waals surface area contributed by atoms with Crippen LogP contribution in [-0.2, 0) is 11.3 Å². The summed E-state index contributed by atoms with van der Waals surface area (Å²) >= 11 is 1.24. The molecule has 0 atom stereocenters. The van der Waals surface area contributed by atoms with E-state index in [4.69, 9.17) is 4.42 Å². The van der Waals surface area contributed by atoms with Gasteiger partial charge < -0.3 is 9.73 Å². The van der Waals surface area contributed by atoms with Gasteiger partial charge in [0.25, 0.3) is 5.69 Å². The fraction of sp³-hybridized carbons (Fsp3) is 0.143. The van der Waals surface area contributed by atoms with E-state index in [1.807, 2.05) is 22.8 Å². The molecule has 162 valence electrons. The third-order valence-corrected chi connectivity index (χ3v) is 5.54. The van der Waals surface area contributed by atoms with Crippen molar-refractivity contribution in [2.45, 2.75) is 18.6 Å². The largest absolute Gasteiger partial charge is 0.467 e. The van der Waals surface area contributed by atoms with E-state index in [2.05, 4.69) is 20.5 Å². The van der Waals surface area contributed by atoms with Crippen molar-refractivity contribution < 1.29 is 14.1 Å². The van der Waals surface area contributed by atoms with Crippen molar-refractivity contribution in [2.24, 2.45) is 0 Å². The predicted molar refractivity (Wildman–Crippen MR) is 118 cm³/mol. The topological polar surface area (TPSA) is 129 Å². The van der Waals surface area contributed by atoms with Gasteiger partial charge in [-0.05, 0) is 42.8 Å². The van der Waals surface area contributed by atoms with Crippen molar-refractivity contribution >= 4 is 29.0 Å². The molecule has 0 saturated carbocycles. The Hall–Kier alpha value is -3.99. The summed E-state index contributed by atoms with van der Waals surface area (Å²) < 4.78 is 7.35. The highest BCUT2D eigenvalue weighted by Crippen LogP contribution is 2.26. The van der Waals surface area contributed by atoms with E-state index in [0.717, 1.165) is 11.3 Å². The number of aryl methyl sites for hydroxylation is 1. The van der Waals surface area contributed by atoms with Crippen LogP contribution in [0.3, 0.4) is 0 Å². The number of hydrogen-bond donors (Lipinski definition) is 1. The van der Waals surface area contributed by atoms with Crippen molar-refractivity contribution in [1.82, 2.24) is 19.7 Å². The molecule has 0 radical (unpaired) electrons. The summed E-state index contributed by atoms with van der Waals surface area (Å²) in [6.45, 7) is 2.11. The number of carbonyl (C=O) groups is 1. The van der Waals surface area contributed by atoms with Gasteiger partial charge in [0, 0.05) is 35.8 Å². The Morgan fingerprint density at radius 3 is 2.72 bits per heavy atom. The number of nitrogens with one attached hydrogen (secondary N) is 1. The number of nitro benzene ring substituents is 1. The number of amides is 1. The maximum absolute atomic E-state index is 12.5. The molecule has 0 aliphatic carbocycles. The van der Waals surface area contributed by atoms with E-state index in [0.29, 0.717) is 28.8 Å². The van der Waals surface area contributed by atoms with Gasteiger partial charge in [-0.2, -0.15) is 0 Å². The number of pyridine rings is 1. The molecule has 0 bridgehead atoms. The summed E-state index contributed by atoms with van der Waals surface area (Å²) in [6, 6.07) is 11.6.